The largest absolute Gasteiger partial charge is 0.541 e. The Morgan fingerprint density at radius 1 is 1.13 bits per heavy atom. The minimum Gasteiger partial charge on any atom is -0.541 e. The summed E-state index contributed by atoms with van der Waals surface area (Å²) in [5, 5.41) is 10.9. The fraction of sp³-hybridized carbons (Fsp3) is 0.375. The molecule has 1 heterocycles. The van der Waals surface area contributed by atoms with Crippen molar-refractivity contribution in [2.75, 3.05) is 0 Å². The average Bonchev–Trinajstić information content (AvgIpc) is 2.69. The number of halogens is 3. The molecule has 0 saturated heterocycles. The van der Waals surface area contributed by atoms with Gasteiger partial charge in [-0.05, 0) is 30.0 Å². The third-order valence-electron chi connectivity index (χ3n) is 3.62. The van der Waals surface area contributed by atoms with Crippen molar-refractivity contribution in [2.45, 2.75) is 39.3 Å². The number of carboxylic acids is 1. The van der Waals surface area contributed by atoms with Crippen molar-refractivity contribution < 1.29 is 27.9 Å². The number of carbonyl (C=O) groups excluding carboxylic acids is 2. The molecule has 0 atom stereocenters. The maximum absolute atomic E-state index is 13.4. The molecule has 7 heteroatoms. The Morgan fingerprint density at radius 2 is 1.70 bits per heavy atom. The SMILES string of the molecule is Cc1[nH]c2ccc(C(F)(F)F)c(C(C)(C)C)c2c1C(=O)C(=O)[O-]. The molecule has 4 nitrogen and oxygen atoms in total. The van der Waals surface area contributed by atoms with Crippen molar-refractivity contribution in [2.24, 2.45) is 0 Å². The van der Waals surface area contributed by atoms with E-state index in [-0.39, 0.29) is 27.7 Å². The van der Waals surface area contributed by atoms with Crippen LogP contribution in [0.25, 0.3) is 10.9 Å². The molecule has 0 bridgehead atoms. The molecule has 0 saturated carbocycles. The van der Waals surface area contributed by atoms with Gasteiger partial charge in [-0.15, -0.1) is 0 Å². The lowest BCUT2D eigenvalue weighted by Gasteiger charge is -2.26. The first-order valence-corrected chi connectivity index (χ1v) is 6.84. The van der Waals surface area contributed by atoms with Crippen LogP contribution < -0.4 is 5.11 Å². The quantitative estimate of drug-likeness (QED) is 0.681. The lowest BCUT2D eigenvalue weighted by molar-refractivity contribution is -0.296. The summed E-state index contributed by atoms with van der Waals surface area (Å²) in [5.41, 5.74) is -1.76. The normalized spacial score (nSPS) is 12.7. The van der Waals surface area contributed by atoms with Gasteiger partial charge in [0.05, 0.1) is 11.1 Å². The van der Waals surface area contributed by atoms with Crippen LogP contribution in [-0.4, -0.2) is 16.7 Å². The number of alkyl halides is 3. The summed E-state index contributed by atoms with van der Waals surface area (Å²) < 4.78 is 40.1. The number of benzene rings is 1. The molecule has 1 aromatic heterocycles. The Kier molecular flexibility index (Phi) is 3.79. The van der Waals surface area contributed by atoms with Crippen molar-refractivity contribution in [3.8, 4) is 0 Å². The molecule has 0 aliphatic heterocycles. The number of rotatable bonds is 2. The van der Waals surface area contributed by atoms with Crippen LogP contribution in [0.4, 0.5) is 13.2 Å². The van der Waals surface area contributed by atoms with E-state index < -0.39 is 28.9 Å². The van der Waals surface area contributed by atoms with Crippen LogP contribution >= 0.6 is 0 Å². The zero-order chi connectivity index (χ0) is 17.7. The summed E-state index contributed by atoms with van der Waals surface area (Å²) in [6.45, 7) is 6.17. The number of ketones is 1. The minimum absolute atomic E-state index is 0.0148. The maximum atomic E-state index is 13.4. The molecule has 0 unspecified atom stereocenters. The topological polar surface area (TPSA) is 73.0 Å². The van der Waals surface area contributed by atoms with E-state index in [0.29, 0.717) is 0 Å². The highest BCUT2D eigenvalue weighted by molar-refractivity contribution is 6.42. The molecule has 1 N–H and O–H groups in total. The van der Waals surface area contributed by atoms with E-state index in [2.05, 4.69) is 4.98 Å². The third-order valence-corrected chi connectivity index (χ3v) is 3.62. The molecule has 2 rings (SSSR count). The highest BCUT2D eigenvalue weighted by Gasteiger charge is 2.38. The molecular weight excluding hydrogens is 311 g/mol. The van der Waals surface area contributed by atoms with Crippen molar-refractivity contribution in [1.82, 2.24) is 4.98 Å². The Hall–Kier alpha value is -2.31. The molecule has 0 aliphatic carbocycles. The number of H-pyrrole nitrogens is 1. The Bertz CT molecular complexity index is 811. The van der Waals surface area contributed by atoms with Crippen molar-refractivity contribution in [3.63, 3.8) is 0 Å². The number of nitrogens with one attached hydrogen (secondary N) is 1. The number of hydrogen-bond donors (Lipinski definition) is 1. The summed E-state index contributed by atoms with van der Waals surface area (Å²) in [6.07, 6.45) is -4.62. The molecular formula is C16H15F3NO3-. The van der Waals surface area contributed by atoms with E-state index in [1.54, 1.807) is 20.8 Å². The third kappa shape index (κ3) is 2.83. The lowest BCUT2D eigenvalue weighted by atomic mass is 9.80. The highest BCUT2D eigenvalue weighted by Crippen LogP contribution is 2.43. The zero-order valence-corrected chi connectivity index (χ0v) is 13.0. The Morgan fingerprint density at radius 3 is 2.13 bits per heavy atom. The molecule has 0 fully saturated rings. The monoisotopic (exact) mass is 326 g/mol. The van der Waals surface area contributed by atoms with Gasteiger partial charge in [0.15, 0.2) is 0 Å². The predicted molar refractivity (Wildman–Crippen MR) is 76.1 cm³/mol. The summed E-state index contributed by atoms with van der Waals surface area (Å²) in [4.78, 5) is 25.6. The van der Waals surface area contributed by atoms with Crippen molar-refractivity contribution >= 4 is 22.7 Å². The van der Waals surface area contributed by atoms with Gasteiger partial charge in [0.2, 0.25) is 5.78 Å². The molecule has 0 spiro atoms. The molecule has 2 aromatic rings. The van der Waals surface area contributed by atoms with Gasteiger partial charge in [-0.2, -0.15) is 13.2 Å². The van der Waals surface area contributed by atoms with E-state index in [0.717, 1.165) is 6.07 Å². The fourth-order valence-corrected chi connectivity index (χ4v) is 2.82. The first-order valence-electron chi connectivity index (χ1n) is 6.84. The van der Waals surface area contributed by atoms with Crippen LogP contribution in [0.2, 0.25) is 0 Å². The number of carboxylic acid groups (broad SMARTS) is 1. The second kappa shape index (κ2) is 5.11. The highest BCUT2D eigenvalue weighted by atomic mass is 19.4. The maximum Gasteiger partial charge on any atom is 0.416 e. The van der Waals surface area contributed by atoms with Crippen LogP contribution in [0.5, 0.6) is 0 Å². The van der Waals surface area contributed by atoms with Gasteiger partial charge < -0.3 is 14.9 Å². The van der Waals surface area contributed by atoms with E-state index >= 15 is 0 Å². The number of Topliss-reactive ketones (excluding diaryl/α,β-unsaturated/α-hetero) is 1. The van der Waals surface area contributed by atoms with E-state index in [1.165, 1.54) is 13.0 Å². The summed E-state index contributed by atoms with van der Waals surface area (Å²) >= 11 is 0. The smallest absolute Gasteiger partial charge is 0.416 e. The van der Waals surface area contributed by atoms with Crippen LogP contribution in [0.15, 0.2) is 12.1 Å². The van der Waals surface area contributed by atoms with E-state index in [4.69, 9.17) is 0 Å². The van der Waals surface area contributed by atoms with Crippen molar-refractivity contribution in [3.05, 3.63) is 34.5 Å². The Balaban J connectivity index is 3.04. The Labute approximate surface area is 130 Å². The molecule has 124 valence electrons. The zero-order valence-electron chi connectivity index (χ0n) is 13.0. The van der Waals surface area contributed by atoms with Crippen LogP contribution in [0.3, 0.4) is 0 Å². The molecule has 1 aromatic carbocycles. The first kappa shape index (κ1) is 17.1. The van der Waals surface area contributed by atoms with Gasteiger partial charge in [0.1, 0.15) is 5.97 Å². The second-order valence-electron chi connectivity index (χ2n) is 6.40. The van der Waals surface area contributed by atoms with Crippen LogP contribution in [0, 0.1) is 6.92 Å². The van der Waals surface area contributed by atoms with Gasteiger partial charge in [-0.25, -0.2) is 0 Å². The number of carbonyl (C=O) groups is 2. The van der Waals surface area contributed by atoms with Gasteiger partial charge in [0.25, 0.3) is 0 Å². The van der Waals surface area contributed by atoms with E-state index in [1.807, 2.05) is 0 Å². The number of aromatic amines is 1. The van der Waals surface area contributed by atoms with Crippen LogP contribution in [-0.2, 0) is 16.4 Å². The predicted octanol–water partition coefficient (Wildman–Crippen LogP) is 2.73. The standard InChI is InChI=1S/C16H16F3NO3/c1-7-10(13(21)14(22)23)11-9(20-7)6-5-8(16(17,18)19)12(11)15(2,3)4/h5-6,20H,1-4H3,(H,22,23)/p-1. The number of aryl methyl sites for hydroxylation is 1. The fourth-order valence-electron chi connectivity index (χ4n) is 2.82. The number of aliphatic carboxylic acids is 1. The number of aromatic nitrogens is 1. The average molecular weight is 326 g/mol. The molecule has 0 radical (unpaired) electrons. The molecule has 0 amide bonds. The van der Waals surface area contributed by atoms with Crippen LogP contribution in [0.1, 0.15) is 48.0 Å². The summed E-state index contributed by atoms with van der Waals surface area (Å²) in [7, 11) is 0. The van der Waals surface area contributed by atoms with Gasteiger partial charge >= 0.3 is 6.18 Å². The van der Waals surface area contributed by atoms with E-state index in [9.17, 15) is 27.9 Å². The number of hydrogen-bond acceptors (Lipinski definition) is 3. The summed E-state index contributed by atoms with van der Waals surface area (Å²) in [5.74, 6) is -3.29. The second-order valence-corrected chi connectivity index (χ2v) is 6.40. The minimum atomic E-state index is -4.62. The number of fused-ring (bicyclic) bond motifs is 1. The first-order chi connectivity index (χ1) is 10.4. The van der Waals surface area contributed by atoms with Gasteiger partial charge in [0, 0.05) is 16.6 Å². The molecule has 23 heavy (non-hydrogen) atoms. The van der Waals surface area contributed by atoms with Gasteiger partial charge in [-0.1, -0.05) is 20.8 Å². The van der Waals surface area contributed by atoms with Gasteiger partial charge in [-0.3, -0.25) is 4.79 Å². The summed E-state index contributed by atoms with van der Waals surface area (Å²) in [6, 6.07) is 2.14. The molecule has 0 aliphatic rings. The van der Waals surface area contributed by atoms with Crippen molar-refractivity contribution in [1.29, 1.82) is 0 Å². The lowest BCUT2D eigenvalue weighted by Crippen LogP contribution is -2.32.